The molecule has 0 spiro atoms. The summed E-state index contributed by atoms with van der Waals surface area (Å²) in [6.07, 6.45) is 2.62. The Kier molecular flexibility index (Phi) is 1.85. The molecule has 1 heterocycles. The lowest BCUT2D eigenvalue weighted by Gasteiger charge is -2.11. The van der Waals surface area contributed by atoms with Crippen LogP contribution in [0, 0.1) is 5.92 Å². The van der Waals surface area contributed by atoms with Gasteiger partial charge in [0.15, 0.2) is 0 Å². The first-order chi connectivity index (χ1) is 6.86. The zero-order valence-electron chi connectivity index (χ0n) is 7.94. The zero-order chi connectivity index (χ0) is 9.54. The van der Waals surface area contributed by atoms with Crippen molar-refractivity contribution in [2.45, 2.75) is 18.9 Å². The standard InChI is InChI=1S/C12H13NS/c13-11(8-4-5-8)10-3-1-2-9-6-7-14-12(9)10/h1-3,6-8,11H,4-5,13H2/t11-/m0/s1. The van der Waals surface area contributed by atoms with Crippen molar-refractivity contribution in [1.29, 1.82) is 0 Å². The Labute approximate surface area is 87.5 Å². The molecule has 2 N–H and O–H groups in total. The van der Waals surface area contributed by atoms with Crippen LogP contribution in [0.5, 0.6) is 0 Å². The van der Waals surface area contributed by atoms with Crippen molar-refractivity contribution in [3.8, 4) is 0 Å². The Morgan fingerprint density at radius 3 is 2.93 bits per heavy atom. The Balaban J connectivity index is 2.14. The van der Waals surface area contributed by atoms with E-state index in [1.807, 2.05) is 11.3 Å². The summed E-state index contributed by atoms with van der Waals surface area (Å²) >= 11 is 1.81. The van der Waals surface area contributed by atoms with Crippen LogP contribution in [0.15, 0.2) is 29.6 Å². The summed E-state index contributed by atoms with van der Waals surface area (Å²) < 4.78 is 1.38. The topological polar surface area (TPSA) is 26.0 Å². The van der Waals surface area contributed by atoms with E-state index in [9.17, 15) is 0 Å². The van der Waals surface area contributed by atoms with Gasteiger partial charge in [-0.05, 0) is 41.2 Å². The molecule has 14 heavy (non-hydrogen) atoms. The summed E-state index contributed by atoms with van der Waals surface area (Å²) in [7, 11) is 0. The van der Waals surface area contributed by atoms with Crippen LogP contribution in [0.4, 0.5) is 0 Å². The van der Waals surface area contributed by atoms with Crippen molar-refractivity contribution < 1.29 is 0 Å². The highest BCUT2D eigenvalue weighted by Gasteiger charge is 2.30. The van der Waals surface area contributed by atoms with E-state index in [0.717, 1.165) is 5.92 Å². The van der Waals surface area contributed by atoms with E-state index in [-0.39, 0.29) is 6.04 Å². The van der Waals surface area contributed by atoms with Crippen LogP contribution in [-0.2, 0) is 0 Å². The maximum Gasteiger partial charge on any atom is 0.0390 e. The molecule has 0 amide bonds. The van der Waals surface area contributed by atoms with E-state index in [0.29, 0.717) is 0 Å². The van der Waals surface area contributed by atoms with Crippen LogP contribution in [-0.4, -0.2) is 0 Å². The van der Waals surface area contributed by atoms with Gasteiger partial charge < -0.3 is 5.73 Å². The molecule has 1 aromatic carbocycles. The largest absolute Gasteiger partial charge is 0.324 e. The fourth-order valence-electron chi connectivity index (χ4n) is 1.99. The minimum atomic E-state index is 0.261. The predicted molar refractivity (Wildman–Crippen MR) is 61.5 cm³/mol. The Morgan fingerprint density at radius 2 is 2.14 bits per heavy atom. The SMILES string of the molecule is N[C@H](c1cccc2ccsc12)C1CC1. The lowest BCUT2D eigenvalue weighted by molar-refractivity contribution is 0.639. The first-order valence-corrected chi connectivity index (χ1v) is 5.96. The number of fused-ring (bicyclic) bond motifs is 1. The maximum atomic E-state index is 6.23. The molecule has 1 nitrogen and oxygen atoms in total. The molecular weight excluding hydrogens is 190 g/mol. The van der Waals surface area contributed by atoms with Crippen LogP contribution in [0.2, 0.25) is 0 Å². The number of hydrogen-bond acceptors (Lipinski definition) is 2. The van der Waals surface area contributed by atoms with Crippen molar-refractivity contribution in [1.82, 2.24) is 0 Å². The summed E-state index contributed by atoms with van der Waals surface area (Å²) in [4.78, 5) is 0. The van der Waals surface area contributed by atoms with E-state index in [4.69, 9.17) is 5.73 Å². The zero-order valence-corrected chi connectivity index (χ0v) is 8.76. The summed E-state index contributed by atoms with van der Waals surface area (Å²) in [5.74, 6) is 0.739. The molecule has 1 atom stereocenters. The molecule has 1 fully saturated rings. The minimum Gasteiger partial charge on any atom is -0.324 e. The van der Waals surface area contributed by atoms with Crippen LogP contribution in [0.3, 0.4) is 0 Å². The molecule has 72 valence electrons. The van der Waals surface area contributed by atoms with Gasteiger partial charge in [-0.3, -0.25) is 0 Å². The third-order valence-electron chi connectivity index (χ3n) is 3.00. The number of rotatable bonds is 2. The van der Waals surface area contributed by atoms with Crippen molar-refractivity contribution in [2.24, 2.45) is 11.7 Å². The smallest absolute Gasteiger partial charge is 0.0390 e. The highest BCUT2D eigenvalue weighted by Crippen LogP contribution is 2.42. The van der Waals surface area contributed by atoms with E-state index in [2.05, 4.69) is 29.6 Å². The number of thiophene rings is 1. The molecule has 0 radical (unpaired) electrons. The van der Waals surface area contributed by atoms with Crippen molar-refractivity contribution >= 4 is 21.4 Å². The molecule has 2 heteroatoms. The summed E-state index contributed by atoms with van der Waals surface area (Å²) in [5.41, 5.74) is 7.58. The maximum absolute atomic E-state index is 6.23. The van der Waals surface area contributed by atoms with Gasteiger partial charge in [0.25, 0.3) is 0 Å². The minimum absolute atomic E-state index is 0.261. The number of benzene rings is 1. The average Bonchev–Trinajstić information content (AvgIpc) is 2.94. The van der Waals surface area contributed by atoms with Crippen LogP contribution < -0.4 is 5.73 Å². The van der Waals surface area contributed by atoms with Crippen molar-refractivity contribution in [2.75, 3.05) is 0 Å². The Hall–Kier alpha value is -0.860. The molecule has 0 bridgehead atoms. The quantitative estimate of drug-likeness (QED) is 0.796. The van der Waals surface area contributed by atoms with Gasteiger partial charge in [-0.1, -0.05) is 18.2 Å². The second kappa shape index (κ2) is 3.07. The van der Waals surface area contributed by atoms with Gasteiger partial charge in [0, 0.05) is 10.7 Å². The van der Waals surface area contributed by atoms with Gasteiger partial charge in [-0.15, -0.1) is 11.3 Å². The average molecular weight is 203 g/mol. The highest BCUT2D eigenvalue weighted by atomic mass is 32.1. The third-order valence-corrected chi connectivity index (χ3v) is 3.98. The van der Waals surface area contributed by atoms with Gasteiger partial charge in [0.05, 0.1) is 0 Å². The molecule has 2 aromatic rings. The molecule has 0 aliphatic heterocycles. The second-order valence-corrected chi connectivity index (χ2v) is 4.97. The summed E-state index contributed by atoms with van der Waals surface area (Å²) in [6, 6.07) is 8.89. The van der Waals surface area contributed by atoms with Gasteiger partial charge in [-0.2, -0.15) is 0 Å². The monoisotopic (exact) mass is 203 g/mol. The first-order valence-electron chi connectivity index (χ1n) is 5.08. The summed E-state index contributed by atoms with van der Waals surface area (Å²) in [5, 5.41) is 3.48. The third kappa shape index (κ3) is 1.26. The van der Waals surface area contributed by atoms with Crippen molar-refractivity contribution in [3.63, 3.8) is 0 Å². The molecule has 1 aromatic heterocycles. The van der Waals surface area contributed by atoms with Crippen LogP contribution in [0.25, 0.3) is 10.1 Å². The second-order valence-electron chi connectivity index (χ2n) is 4.05. The van der Waals surface area contributed by atoms with E-state index in [1.165, 1.54) is 28.5 Å². The van der Waals surface area contributed by atoms with E-state index >= 15 is 0 Å². The fraction of sp³-hybridized carbons (Fsp3) is 0.333. The summed E-state index contributed by atoms with van der Waals surface area (Å²) in [6.45, 7) is 0. The number of hydrogen-bond donors (Lipinski definition) is 1. The molecule has 1 aliphatic rings. The molecule has 3 rings (SSSR count). The molecule has 1 aliphatic carbocycles. The fourth-order valence-corrected chi connectivity index (χ4v) is 2.95. The van der Waals surface area contributed by atoms with Gasteiger partial charge >= 0.3 is 0 Å². The first kappa shape index (κ1) is 8.45. The normalized spacial score (nSPS) is 18.6. The van der Waals surface area contributed by atoms with E-state index in [1.54, 1.807) is 0 Å². The Bertz CT molecular complexity index is 456. The molecular formula is C12H13NS. The van der Waals surface area contributed by atoms with E-state index < -0.39 is 0 Å². The highest BCUT2D eigenvalue weighted by molar-refractivity contribution is 7.17. The molecule has 0 saturated heterocycles. The van der Waals surface area contributed by atoms with Gasteiger partial charge in [0.2, 0.25) is 0 Å². The number of nitrogens with two attached hydrogens (primary N) is 1. The molecule has 0 unspecified atom stereocenters. The van der Waals surface area contributed by atoms with Crippen molar-refractivity contribution in [3.05, 3.63) is 35.2 Å². The van der Waals surface area contributed by atoms with Crippen LogP contribution in [0.1, 0.15) is 24.4 Å². The van der Waals surface area contributed by atoms with Crippen LogP contribution >= 0.6 is 11.3 Å². The van der Waals surface area contributed by atoms with Gasteiger partial charge in [0.1, 0.15) is 0 Å². The lowest BCUT2D eigenvalue weighted by atomic mass is 10.0. The van der Waals surface area contributed by atoms with Gasteiger partial charge in [-0.25, -0.2) is 0 Å². The Morgan fingerprint density at radius 1 is 1.29 bits per heavy atom. The predicted octanol–water partition coefficient (Wildman–Crippen LogP) is 3.31. The lowest BCUT2D eigenvalue weighted by Crippen LogP contribution is -2.12. The molecule has 1 saturated carbocycles.